The molecular weight excluding hydrogens is 587 g/mol. The highest BCUT2D eigenvalue weighted by Gasteiger charge is 2.35. The van der Waals surface area contributed by atoms with Gasteiger partial charge in [0.05, 0.1) is 19.3 Å². The van der Waals surface area contributed by atoms with Gasteiger partial charge in [0.1, 0.15) is 11.5 Å². The molecule has 1 aliphatic rings. The predicted molar refractivity (Wildman–Crippen MR) is 170 cm³/mol. The van der Waals surface area contributed by atoms with Crippen molar-refractivity contribution < 1.29 is 32.6 Å². The van der Waals surface area contributed by atoms with E-state index in [1.807, 2.05) is 56.3 Å². The van der Waals surface area contributed by atoms with Crippen LogP contribution in [-0.4, -0.2) is 25.7 Å². The molecule has 3 aromatic carbocycles. The van der Waals surface area contributed by atoms with Gasteiger partial charge in [0.25, 0.3) is 0 Å². The van der Waals surface area contributed by atoms with E-state index in [0.29, 0.717) is 42.6 Å². The van der Waals surface area contributed by atoms with E-state index in [1.165, 1.54) is 5.56 Å². The van der Waals surface area contributed by atoms with Crippen molar-refractivity contribution >= 4 is 25.4 Å². The number of carbonyl (C=O) groups is 1. The van der Waals surface area contributed by atoms with Crippen LogP contribution in [-0.2, 0) is 24.8 Å². The molecule has 1 saturated heterocycles. The van der Waals surface area contributed by atoms with Crippen LogP contribution in [0, 0.1) is 13.8 Å². The highest BCUT2D eigenvalue weighted by Crippen LogP contribution is 2.56. The van der Waals surface area contributed by atoms with E-state index < -0.39 is 13.8 Å². The Morgan fingerprint density at radius 2 is 1.84 bits per heavy atom. The van der Waals surface area contributed by atoms with Gasteiger partial charge in [0, 0.05) is 11.4 Å². The van der Waals surface area contributed by atoms with E-state index in [2.05, 4.69) is 26.8 Å². The molecule has 2 atom stereocenters. The molecule has 0 N–H and O–H groups in total. The van der Waals surface area contributed by atoms with Gasteiger partial charge in [-0.1, -0.05) is 69.5 Å². The highest BCUT2D eigenvalue weighted by atomic mass is 35.5. The number of hydrogen-bond donors (Lipinski definition) is 0. The zero-order valence-corrected chi connectivity index (χ0v) is 27.3. The highest BCUT2D eigenvalue weighted by molar-refractivity contribution is 7.53. The minimum absolute atomic E-state index is 0.159. The smallest absolute Gasteiger partial charge is 0.481 e. The summed E-state index contributed by atoms with van der Waals surface area (Å²) in [6.45, 7) is 11.0. The number of benzene rings is 3. The molecule has 0 aromatic heterocycles. The number of rotatable bonds is 12. The summed E-state index contributed by atoms with van der Waals surface area (Å²) in [7, 11) is -3.46. The minimum atomic E-state index is -3.46. The Morgan fingerprint density at radius 1 is 1.07 bits per heavy atom. The molecule has 0 unspecified atom stereocenters. The molecule has 232 valence electrons. The van der Waals surface area contributed by atoms with Gasteiger partial charge in [0.2, 0.25) is 0 Å². The molecule has 7 nitrogen and oxygen atoms in total. The van der Waals surface area contributed by atoms with Crippen LogP contribution in [0.25, 0.3) is 0 Å². The van der Waals surface area contributed by atoms with Crippen molar-refractivity contribution in [1.29, 1.82) is 0 Å². The molecule has 0 amide bonds. The second-order valence-electron chi connectivity index (χ2n) is 11.3. The van der Waals surface area contributed by atoms with Gasteiger partial charge in [-0.2, -0.15) is 0 Å². The Kier molecular flexibility index (Phi) is 11.7. The standard InChI is InChI=1S/C34H42ClO7P/c1-6-7-8-15-38-34(36)41-33-13-12-26(19-30(33)23(2)3)20-31-24(4)17-29(18-25(31)5)39-22-43(37)40-16-14-32(42-43)27-10-9-11-28(35)21-27/h9-13,17-19,21,23,32H,6-8,14-16,20,22H2,1-5H3/t32-,43+/m0/s1. The molecule has 0 radical (unpaired) electrons. The number of ether oxygens (including phenoxy) is 3. The third-order valence-corrected chi connectivity index (χ3v) is 9.31. The fraction of sp³-hybridized carbons (Fsp3) is 0.441. The topological polar surface area (TPSA) is 80.3 Å². The number of aryl methyl sites for hydroxylation is 2. The summed E-state index contributed by atoms with van der Waals surface area (Å²) in [4.78, 5) is 12.2. The van der Waals surface area contributed by atoms with Crippen LogP contribution >= 0.6 is 19.2 Å². The van der Waals surface area contributed by atoms with Gasteiger partial charge in [-0.15, -0.1) is 0 Å². The Balaban J connectivity index is 1.41. The number of halogens is 1. The van der Waals surface area contributed by atoms with Crippen molar-refractivity contribution in [2.45, 2.75) is 78.7 Å². The number of carbonyl (C=O) groups excluding carboxylic acids is 1. The van der Waals surface area contributed by atoms with Crippen molar-refractivity contribution in [1.82, 2.24) is 0 Å². The third kappa shape index (κ3) is 9.33. The monoisotopic (exact) mass is 628 g/mol. The Hall–Kier alpha value is -2.83. The maximum atomic E-state index is 13.4. The predicted octanol–water partition coefficient (Wildman–Crippen LogP) is 10.1. The van der Waals surface area contributed by atoms with Gasteiger partial charge in [0.15, 0.2) is 6.35 Å². The molecule has 43 heavy (non-hydrogen) atoms. The molecule has 1 heterocycles. The van der Waals surface area contributed by atoms with Gasteiger partial charge >= 0.3 is 13.8 Å². The van der Waals surface area contributed by atoms with E-state index in [0.717, 1.165) is 47.1 Å². The molecule has 0 saturated carbocycles. The first-order valence-electron chi connectivity index (χ1n) is 14.9. The van der Waals surface area contributed by atoms with Crippen LogP contribution in [0.3, 0.4) is 0 Å². The van der Waals surface area contributed by atoms with Gasteiger partial charge in [-0.25, -0.2) is 4.79 Å². The summed E-state index contributed by atoms with van der Waals surface area (Å²) in [5.74, 6) is 1.29. The van der Waals surface area contributed by atoms with E-state index >= 15 is 0 Å². The second-order valence-corrected chi connectivity index (χ2v) is 13.7. The molecule has 0 aliphatic carbocycles. The lowest BCUT2D eigenvalue weighted by Crippen LogP contribution is -2.17. The summed E-state index contributed by atoms with van der Waals surface area (Å²) in [6, 6.07) is 17.2. The fourth-order valence-electron chi connectivity index (χ4n) is 5.13. The second kappa shape index (κ2) is 15.3. The molecule has 0 bridgehead atoms. The van der Waals surface area contributed by atoms with Crippen molar-refractivity contribution in [2.24, 2.45) is 0 Å². The lowest BCUT2D eigenvalue weighted by atomic mass is 9.93. The summed E-state index contributed by atoms with van der Waals surface area (Å²) in [5.41, 5.74) is 6.20. The van der Waals surface area contributed by atoms with Crippen molar-refractivity contribution in [3.63, 3.8) is 0 Å². The Bertz CT molecular complexity index is 1430. The molecular formula is C34H42ClO7P. The molecule has 3 aromatic rings. The third-order valence-electron chi connectivity index (χ3n) is 7.47. The van der Waals surface area contributed by atoms with Crippen molar-refractivity contribution in [2.75, 3.05) is 19.6 Å². The first kappa shape index (κ1) is 33.1. The first-order chi connectivity index (χ1) is 20.6. The molecule has 4 rings (SSSR count). The van der Waals surface area contributed by atoms with E-state index in [9.17, 15) is 9.36 Å². The number of hydrogen-bond acceptors (Lipinski definition) is 7. The van der Waals surface area contributed by atoms with Crippen LogP contribution in [0.1, 0.15) is 91.9 Å². The lowest BCUT2D eigenvalue weighted by Gasteiger charge is -2.30. The van der Waals surface area contributed by atoms with Gasteiger partial charge in [-0.3, -0.25) is 9.09 Å². The SMILES string of the molecule is CCCCCOC(=O)Oc1ccc(Cc2c(C)cc(OC[P@@]3(=O)OCC[C@@H](c4cccc(Cl)c4)O3)cc2C)cc1C(C)C. The average Bonchev–Trinajstić information content (AvgIpc) is 2.97. The van der Waals surface area contributed by atoms with Crippen LogP contribution < -0.4 is 9.47 Å². The van der Waals surface area contributed by atoms with Crippen LogP contribution in [0.4, 0.5) is 4.79 Å². The maximum Gasteiger partial charge on any atom is 0.513 e. The zero-order chi connectivity index (χ0) is 31.0. The molecule has 1 aliphatic heterocycles. The minimum Gasteiger partial charge on any atom is -0.481 e. The summed E-state index contributed by atoms with van der Waals surface area (Å²) >= 11 is 6.14. The molecule has 1 fully saturated rings. The van der Waals surface area contributed by atoms with Crippen molar-refractivity contribution in [3.05, 3.63) is 93.0 Å². The first-order valence-corrected chi connectivity index (χ1v) is 17.0. The quantitative estimate of drug-likeness (QED) is 0.0854. The average molecular weight is 629 g/mol. The number of unbranched alkanes of at least 4 members (excludes halogenated alkanes) is 2. The summed E-state index contributed by atoms with van der Waals surface area (Å²) in [5, 5.41) is 0.604. The normalized spacial score (nSPS) is 18.4. The van der Waals surface area contributed by atoms with Gasteiger partial charge in [-0.05, 0) is 96.3 Å². The van der Waals surface area contributed by atoms with Crippen LogP contribution in [0.2, 0.25) is 5.02 Å². The van der Waals surface area contributed by atoms with E-state index in [1.54, 1.807) is 6.07 Å². The Labute approximate surface area is 260 Å². The van der Waals surface area contributed by atoms with Crippen LogP contribution in [0.15, 0.2) is 54.6 Å². The summed E-state index contributed by atoms with van der Waals surface area (Å²) < 4.78 is 41.6. The van der Waals surface area contributed by atoms with Crippen molar-refractivity contribution in [3.8, 4) is 11.5 Å². The van der Waals surface area contributed by atoms with Gasteiger partial charge < -0.3 is 18.7 Å². The van der Waals surface area contributed by atoms with E-state index in [-0.39, 0.29) is 18.4 Å². The largest absolute Gasteiger partial charge is 0.513 e. The molecule has 0 spiro atoms. The zero-order valence-electron chi connectivity index (χ0n) is 25.7. The Morgan fingerprint density at radius 3 is 2.53 bits per heavy atom. The fourth-order valence-corrected chi connectivity index (χ4v) is 6.83. The lowest BCUT2D eigenvalue weighted by molar-refractivity contribution is 0.0725. The summed E-state index contributed by atoms with van der Waals surface area (Å²) in [6.07, 6.45) is 2.98. The molecule has 9 heteroatoms. The van der Waals surface area contributed by atoms with Crippen LogP contribution in [0.5, 0.6) is 11.5 Å². The van der Waals surface area contributed by atoms with E-state index in [4.69, 9.17) is 34.9 Å². The maximum absolute atomic E-state index is 13.4.